The van der Waals surface area contributed by atoms with E-state index in [4.69, 9.17) is 9.97 Å². The number of pyridine rings is 2. The Kier molecular flexibility index (Phi) is 6.29. The molecule has 0 fully saturated rings. The van der Waals surface area contributed by atoms with Crippen LogP contribution in [0.4, 0.5) is 0 Å². The molecule has 0 bridgehead atoms. The number of thiophene rings is 1. The zero-order valence-electron chi connectivity index (χ0n) is 30.8. The summed E-state index contributed by atoms with van der Waals surface area (Å²) in [5, 5.41) is 16.9. The molecule has 6 aromatic heterocycles. The highest BCUT2D eigenvalue weighted by Crippen LogP contribution is 2.43. The molecule has 0 aliphatic carbocycles. The lowest BCUT2D eigenvalue weighted by molar-refractivity contribution is 1.10. The Morgan fingerprint density at radius 1 is 0.483 bits per heavy atom. The highest BCUT2D eigenvalue weighted by Gasteiger charge is 2.21. The first-order chi connectivity index (χ1) is 28.7. The van der Waals surface area contributed by atoms with Crippen molar-refractivity contribution in [2.75, 3.05) is 0 Å². The van der Waals surface area contributed by atoms with Gasteiger partial charge in [-0.3, -0.25) is 8.97 Å². The van der Waals surface area contributed by atoms with Crippen molar-refractivity contribution in [1.29, 1.82) is 5.26 Å². The second-order valence-corrected chi connectivity index (χ2v) is 16.0. The number of fused-ring (bicyclic) bond motifs is 16. The third kappa shape index (κ3) is 4.24. The Morgan fingerprint density at radius 2 is 1.10 bits per heavy atom. The van der Waals surface area contributed by atoms with Gasteiger partial charge in [0.1, 0.15) is 17.0 Å². The van der Waals surface area contributed by atoms with Crippen LogP contribution < -0.4 is 0 Å². The molecule has 0 N–H and O–H groups in total. The maximum Gasteiger partial charge on any atom is 0.146 e. The number of para-hydroxylation sites is 3. The van der Waals surface area contributed by atoms with Gasteiger partial charge in [-0.1, -0.05) is 91.0 Å². The number of rotatable bonds is 3. The molecule has 0 unspecified atom stereocenters. The second-order valence-electron chi connectivity index (χ2n) is 14.9. The topological polar surface area (TPSA) is 63.8 Å². The Labute approximate surface area is 334 Å². The minimum Gasteiger partial charge on any atom is -0.309 e. The fraction of sp³-hybridized carbons (Fsp3) is 0. The first-order valence-electron chi connectivity index (χ1n) is 19.3. The normalized spacial score (nSPS) is 12.1. The van der Waals surface area contributed by atoms with Gasteiger partial charge >= 0.3 is 0 Å². The Bertz CT molecular complexity index is 3930. The number of nitriles is 1. The van der Waals surface area contributed by atoms with E-state index in [1.807, 2.05) is 18.2 Å². The fourth-order valence-electron chi connectivity index (χ4n) is 9.30. The summed E-state index contributed by atoms with van der Waals surface area (Å²) in [4.78, 5) is 10.6. The van der Waals surface area contributed by atoms with E-state index in [0.717, 1.165) is 70.4 Å². The molecule has 7 heteroatoms. The van der Waals surface area contributed by atoms with E-state index < -0.39 is 0 Å². The number of imidazole rings is 1. The van der Waals surface area contributed by atoms with Crippen molar-refractivity contribution in [3.8, 4) is 28.7 Å². The lowest BCUT2D eigenvalue weighted by Gasteiger charge is -2.09. The van der Waals surface area contributed by atoms with Crippen LogP contribution in [0.15, 0.2) is 170 Å². The number of benzene rings is 7. The predicted molar refractivity (Wildman–Crippen MR) is 240 cm³/mol. The van der Waals surface area contributed by atoms with E-state index in [9.17, 15) is 5.26 Å². The van der Waals surface area contributed by atoms with Crippen LogP contribution in [0.2, 0.25) is 0 Å². The molecule has 0 spiro atoms. The van der Waals surface area contributed by atoms with Gasteiger partial charge in [-0.05, 0) is 90.0 Å². The third-order valence-corrected chi connectivity index (χ3v) is 13.0. The average Bonchev–Trinajstić information content (AvgIpc) is 4.04. The van der Waals surface area contributed by atoms with Crippen LogP contribution in [-0.2, 0) is 0 Å². The molecule has 0 saturated carbocycles. The van der Waals surface area contributed by atoms with E-state index >= 15 is 0 Å². The van der Waals surface area contributed by atoms with Crippen LogP contribution in [0.3, 0.4) is 0 Å². The fourth-order valence-corrected chi connectivity index (χ4v) is 10.5. The SMILES string of the molecule is N#Cc1ccc2nc3c4ccccc4c4sc5ccc(-n6c7ccccc7c7cc(-c8ccc9c(c8)c8ccccc8n9-c8ccccc8)ccc76)nc5c4n3c2c1. The summed E-state index contributed by atoms with van der Waals surface area (Å²) < 4.78 is 9.13. The molecule has 6 nitrogen and oxygen atoms in total. The van der Waals surface area contributed by atoms with Crippen LogP contribution in [-0.4, -0.2) is 23.5 Å². The lowest BCUT2D eigenvalue weighted by atomic mass is 10.0. The van der Waals surface area contributed by atoms with Crippen molar-refractivity contribution in [3.63, 3.8) is 0 Å². The monoisotopic (exact) mass is 756 g/mol. The molecule has 58 heavy (non-hydrogen) atoms. The van der Waals surface area contributed by atoms with Gasteiger partial charge in [0, 0.05) is 38.0 Å². The van der Waals surface area contributed by atoms with Gasteiger partial charge < -0.3 is 4.57 Å². The zero-order valence-corrected chi connectivity index (χ0v) is 31.6. The van der Waals surface area contributed by atoms with E-state index in [0.29, 0.717) is 5.56 Å². The van der Waals surface area contributed by atoms with Gasteiger partial charge in [0.2, 0.25) is 0 Å². The van der Waals surface area contributed by atoms with E-state index in [-0.39, 0.29) is 0 Å². The standard InChI is InChI=1S/C51H28N6S/c52-29-30-18-21-40-45(26-30)57-49-48-46(58-50(49)36-14-4-5-15-37(36)51(57)53-40)24-25-47(54-48)56-42-17-9-7-13-35(42)39-28-32(20-23-44(39)56)31-19-22-43-38(27-31)34-12-6-8-16-41(34)55(43)33-10-2-1-3-11-33/h1-28H. The molecule has 13 rings (SSSR count). The highest BCUT2D eigenvalue weighted by atomic mass is 32.1. The van der Waals surface area contributed by atoms with E-state index in [1.54, 1.807) is 11.3 Å². The molecule has 0 aliphatic heterocycles. The third-order valence-electron chi connectivity index (χ3n) is 11.8. The number of hydrogen-bond acceptors (Lipinski definition) is 4. The summed E-state index contributed by atoms with van der Waals surface area (Å²) >= 11 is 1.76. The molecule has 0 radical (unpaired) electrons. The quantitative estimate of drug-likeness (QED) is 0.180. The van der Waals surface area contributed by atoms with E-state index in [2.05, 4.69) is 171 Å². The highest BCUT2D eigenvalue weighted by molar-refractivity contribution is 7.26. The minimum absolute atomic E-state index is 0.604. The summed E-state index contributed by atoms with van der Waals surface area (Å²) in [6, 6.07) is 62.5. The van der Waals surface area contributed by atoms with Crippen LogP contribution in [0.5, 0.6) is 0 Å². The Balaban J connectivity index is 1.03. The van der Waals surface area contributed by atoms with Crippen molar-refractivity contribution in [3.05, 3.63) is 175 Å². The van der Waals surface area contributed by atoms with Gasteiger partial charge in [-0.25, -0.2) is 9.97 Å². The van der Waals surface area contributed by atoms with E-state index in [1.165, 1.54) is 43.7 Å². The van der Waals surface area contributed by atoms with Crippen LogP contribution in [0.1, 0.15) is 5.56 Å². The van der Waals surface area contributed by atoms with Crippen molar-refractivity contribution in [2.45, 2.75) is 0 Å². The number of hydrogen-bond donors (Lipinski definition) is 0. The molecular weight excluding hydrogens is 729 g/mol. The van der Waals surface area contributed by atoms with Crippen LogP contribution >= 0.6 is 11.3 Å². The van der Waals surface area contributed by atoms with Gasteiger partial charge in [-0.15, -0.1) is 11.3 Å². The Morgan fingerprint density at radius 3 is 1.83 bits per heavy atom. The van der Waals surface area contributed by atoms with Gasteiger partial charge in [-0.2, -0.15) is 5.26 Å². The predicted octanol–water partition coefficient (Wildman–Crippen LogP) is 13.1. The van der Waals surface area contributed by atoms with Crippen molar-refractivity contribution >= 4 is 103 Å². The summed E-state index contributed by atoms with van der Waals surface area (Å²) in [5.74, 6) is 0.852. The Hall–Kier alpha value is -7.79. The zero-order chi connectivity index (χ0) is 38.1. The molecule has 0 saturated heterocycles. The second kappa shape index (κ2) is 11.6. The van der Waals surface area contributed by atoms with Crippen molar-refractivity contribution in [1.82, 2.24) is 23.5 Å². The van der Waals surface area contributed by atoms with Gasteiger partial charge in [0.15, 0.2) is 0 Å². The van der Waals surface area contributed by atoms with Gasteiger partial charge in [0.05, 0.1) is 59.6 Å². The molecule has 0 amide bonds. The average molecular weight is 757 g/mol. The molecule has 268 valence electrons. The molecule has 7 aromatic carbocycles. The first-order valence-corrected chi connectivity index (χ1v) is 20.1. The lowest BCUT2D eigenvalue weighted by Crippen LogP contribution is -1.98. The van der Waals surface area contributed by atoms with Crippen LogP contribution in [0.25, 0.3) is 114 Å². The molecular formula is C51H28N6S. The van der Waals surface area contributed by atoms with Crippen molar-refractivity contribution < 1.29 is 0 Å². The van der Waals surface area contributed by atoms with Crippen LogP contribution in [0, 0.1) is 11.3 Å². The minimum atomic E-state index is 0.604. The summed E-state index contributed by atoms with van der Waals surface area (Å²) in [6.45, 7) is 0. The number of aromatic nitrogens is 5. The maximum atomic E-state index is 9.85. The maximum absolute atomic E-state index is 9.85. The summed E-state index contributed by atoms with van der Waals surface area (Å²) in [5.41, 5.74) is 13.2. The smallest absolute Gasteiger partial charge is 0.146 e. The van der Waals surface area contributed by atoms with Crippen molar-refractivity contribution in [2.24, 2.45) is 0 Å². The van der Waals surface area contributed by atoms with Gasteiger partial charge in [0.25, 0.3) is 0 Å². The molecule has 0 aliphatic rings. The molecule has 13 aromatic rings. The number of nitrogens with zero attached hydrogens (tertiary/aromatic N) is 6. The molecule has 0 atom stereocenters. The summed E-state index contributed by atoms with van der Waals surface area (Å²) in [6.07, 6.45) is 0. The first kappa shape index (κ1) is 31.4. The largest absolute Gasteiger partial charge is 0.309 e. The summed E-state index contributed by atoms with van der Waals surface area (Å²) in [7, 11) is 0. The molecule has 6 heterocycles.